The molecule has 0 spiro atoms. The number of non-ortho nitro benzene ring substituents is 1. The molecule has 2 rings (SSSR count). The van der Waals surface area contributed by atoms with Crippen LogP contribution in [0, 0.1) is 15.9 Å². The van der Waals surface area contributed by atoms with Crippen molar-refractivity contribution in [2.24, 2.45) is 0 Å². The molecule has 0 aliphatic rings. The lowest BCUT2D eigenvalue weighted by molar-refractivity contribution is -0.384. The van der Waals surface area contributed by atoms with E-state index in [2.05, 4.69) is 5.32 Å². The number of thioether (sulfide) groups is 1. The average molecular weight is 408 g/mol. The van der Waals surface area contributed by atoms with Crippen LogP contribution in [0.1, 0.15) is 6.92 Å². The molecular formula is C18H17FN2O6S. The Morgan fingerprint density at radius 1 is 1.29 bits per heavy atom. The summed E-state index contributed by atoms with van der Waals surface area (Å²) in [6.07, 6.45) is -1.17. The van der Waals surface area contributed by atoms with Crippen LogP contribution in [0.25, 0.3) is 0 Å². The number of nitro groups is 1. The van der Waals surface area contributed by atoms with Gasteiger partial charge in [-0.25, -0.2) is 4.39 Å². The van der Waals surface area contributed by atoms with Gasteiger partial charge in [-0.15, -0.1) is 11.8 Å². The summed E-state index contributed by atoms with van der Waals surface area (Å²) >= 11 is 0.948. The van der Waals surface area contributed by atoms with E-state index in [1.807, 2.05) is 0 Å². The van der Waals surface area contributed by atoms with E-state index in [1.165, 1.54) is 44.4 Å². The van der Waals surface area contributed by atoms with Gasteiger partial charge < -0.3 is 14.8 Å². The maximum Gasteiger partial charge on any atom is 0.317 e. The number of benzene rings is 2. The van der Waals surface area contributed by atoms with Crippen molar-refractivity contribution >= 4 is 35.0 Å². The Kier molecular flexibility index (Phi) is 7.33. The molecule has 0 aliphatic heterocycles. The van der Waals surface area contributed by atoms with Crippen molar-refractivity contribution in [2.75, 3.05) is 18.2 Å². The van der Waals surface area contributed by atoms with Crippen molar-refractivity contribution in [3.63, 3.8) is 0 Å². The van der Waals surface area contributed by atoms with E-state index in [9.17, 15) is 24.1 Å². The molecule has 0 unspecified atom stereocenters. The van der Waals surface area contributed by atoms with E-state index < -0.39 is 28.7 Å². The Morgan fingerprint density at radius 3 is 2.64 bits per heavy atom. The van der Waals surface area contributed by atoms with Gasteiger partial charge in [-0.05, 0) is 25.1 Å². The number of rotatable bonds is 8. The fourth-order valence-electron chi connectivity index (χ4n) is 2.12. The summed E-state index contributed by atoms with van der Waals surface area (Å²) in [6, 6.07) is 9.69. The fraction of sp³-hybridized carbons (Fsp3) is 0.222. The molecule has 0 saturated carbocycles. The predicted molar refractivity (Wildman–Crippen MR) is 101 cm³/mol. The summed E-state index contributed by atoms with van der Waals surface area (Å²) in [6.45, 7) is 1.35. The molecule has 1 N–H and O–H groups in total. The molecule has 28 heavy (non-hydrogen) atoms. The van der Waals surface area contributed by atoms with Crippen LogP contribution in [0.3, 0.4) is 0 Å². The van der Waals surface area contributed by atoms with Gasteiger partial charge in [0.05, 0.1) is 23.5 Å². The van der Waals surface area contributed by atoms with E-state index in [4.69, 9.17) is 9.47 Å². The van der Waals surface area contributed by atoms with Crippen LogP contribution < -0.4 is 10.1 Å². The van der Waals surface area contributed by atoms with E-state index in [-0.39, 0.29) is 27.8 Å². The molecular weight excluding hydrogens is 391 g/mol. The SMILES string of the molecule is COc1ccc([N+](=O)[O-])cc1NC(=O)[C@H](C)OC(=O)CSc1ccccc1F. The summed E-state index contributed by atoms with van der Waals surface area (Å²) < 4.78 is 23.6. The zero-order valence-corrected chi connectivity index (χ0v) is 15.8. The molecule has 2 aromatic rings. The monoisotopic (exact) mass is 408 g/mol. The lowest BCUT2D eigenvalue weighted by Crippen LogP contribution is -2.30. The minimum Gasteiger partial charge on any atom is -0.495 e. The molecule has 0 heterocycles. The first-order chi connectivity index (χ1) is 13.3. The van der Waals surface area contributed by atoms with Crippen molar-refractivity contribution in [3.05, 3.63) is 58.4 Å². The van der Waals surface area contributed by atoms with E-state index in [0.29, 0.717) is 0 Å². The number of amides is 1. The third kappa shape index (κ3) is 5.68. The first-order valence-electron chi connectivity index (χ1n) is 8.02. The number of halogens is 1. The Hall–Kier alpha value is -3.14. The number of carbonyl (C=O) groups is 2. The number of nitro benzene ring substituents is 1. The summed E-state index contributed by atoms with van der Waals surface area (Å²) in [4.78, 5) is 34.7. The van der Waals surface area contributed by atoms with E-state index in [1.54, 1.807) is 6.07 Å². The molecule has 1 amide bonds. The lowest BCUT2D eigenvalue weighted by atomic mass is 10.2. The maximum absolute atomic E-state index is 13.5. The van der Waals surface area contributed by atoms with E-state index >= 15 is 0 Å². The van der Waals surface area contributed by atoms with Crippen LogP contribution in [0.15, 0.2) is 47.4 Å². The average Bonchev–Trinajstić information content (AvgIpc) is 2.67. The number of methoxy groups -OCH3 is 1. The molecule has 0 aliphatic carbocycles. The third-order valence-electron chi connectivity index (χ3n) is 3.51. The van der Waals surface area contributed by atoms with E-state index in [0.717, 1.165) is 17.8 Å². The highest BCUT2D eigenvalue weighted by Gasteiger charge is 2.21. The van der Waals surface area contributed by atoms with Crippen LogP contribution in [-0.4, -0.2) is 35.8 Å². The topological polar surface area (TPSA) is 108 Å². The van der Waals surface area contributed by atoms with Gasteiger partial charge in [0.1, 0.15) is 11.6 Å². The second-order valence-electron chi connectivity index (χ2n) is 5.48. The van der Waals surface area contributed by atoms with Gasteiger partial charge in [0, 0.05) is 17.0 Å². The summed E-state index contributed by atoms with van der Waals surface area (Å²) in [5.41, 5.74) is -0.160. The molecule has 0 fully saturated rings. The number of anilines is 1. The number of carbonyl (C=O) groups excluding carboxylic acids is 2. The predicted octanol–water partition coefficient (Wildman–Crippen LogP) is 3.41. The van der Waals surface area contributed by atoms with Gasteiger partial charge in [0.2, 0.25) is 0 Å². The molecule has 0 bridgehead atoms. The third-order valence-corrected chi connectivity index (χ3v) is 4.53. The Labute approximate surface area is 164 Å². The highest BCUT2D eigenvalue weighted by molar-refractivity contribution is 8.00. The number of ether oxygens (including phenoxy) is 2. The van der Waals surface area contributed by atoms with Crippen molar-refractivity contribution in [1.29, 1.82) is 0 Å². The molecule has 0 radical (unpaired) electrons. The summed E-state index contributed by atoms with van der Waals surface area (Å²) in [7, 11) is 1.35. The van der Waals surface area contributed by atoms with Crippen molar-refractivity contribution in [1.82, 2.24) is 0 Å². The van der Waals surface area contributed by atoms with Gasteiger partial charge in [-0.1, -0.05) is 12.1 Å². The van der Waals surface area contributed by atoms with Crippen LogP contribution in [0.5, 0.6) is 5.75 Å². The Bertz CT molecular complexity index is 892. The highest BCUT2D eigenvalue weighted by Crippen LogP contribution is 2.29. The van der Waals surface area contributed by atoms with Gasteiger partial charge in [-0.3, -0.25) is 19.7 Å². The first kappa shape index (κ1) is 21.2. The molecule has 8 nitrogen and oxygen atoms in total. The minimum atomic E-state index is -1.17. The maximum atomic E-state index is 13.5. The zero-order valence-electron chi connectivity index (χ0n) is 15.0. The largest absolute Gasteiger partial charge is 0.495 e. The lowest BCUT2D eigenvalue weighted by Gasteiger charge is -2.15. The second kappa shape index (κ2) is 9.70. The Balaban J connectivity index is 1.95. The van der Waals surface area contributed by atoms with Crippen LogP contribution in [-0.2, 0) is 14.3 Å². The first-order valence-corrected chi connectivity index (χ1v) is 9.00. The molecule has 1 atom stereocenters. The number of nitrogens with zero attached hydrogens (tertiary/aromatic N) is 1. The number of hydrogen-bond donors (Lipinski definition) is 1. The smallest absolute Gasteiger partial charge is 0.317 e. The minimum absolute atomic E-state index is 0.0744. The van der Waals surface area contributed by atoms with Crippen LogP contribution >= 0.6 is 11.8 Å². The van der Waals surface area contributed by atoms with Gasteiger partial charge in [0.25, 0.3) is 11.6 Å². The van der Waals surface area contributed by atoms with Crippen molar-refractivity contribution in [3.8, 4) is 5.75 Å². The number of esters is 1. The Morgan fingerprint density at radius 2 is 2.00 bits per heavy atom. The standard InChI is InChI=1S/C18H17FN2O6S/c1-11(27-17(22)10-28-16-6-4-3-5-13(16)19)18(23)20-14-9-12(21(24)25)7-8-15(14)26-2/h3-9,11H,10H2,1-2H3,(H,20,23)/t11-/m0/s1. The second-order valence-corrected chi connectivity index (χ2v) is 6.50. The van der Waals surface area contributed by atoms with Crippen LogP contribution in [0.2, 0.25) is 0 Å². The molecule has 10 heteroatoms. The normalized spacial score (nSPS) is 11.4. The van der Waals surface area contributed by atoms with Gasteiger partial charge >= 0.3 is 5.97 Å². The van der Waals surface area contributed by atoms with Crippen LogP contribution in [0.4, 0.5) is 15.8 Å². The van der Waals surface area contributed by atoms with Gasteiger partial charge in [-0.2, -0.15) is 0 Å². The fourth-order valence-corrected chi connectivity index (χ4v) is 2.85. The molecule has 2 aromatic carbocycles. The summed E-state index contributed by atoms with van der Waals surface area (Å²) in [5, 5.41) is 13.3. The quantitative estimate of drug-likeness (QED) is 0.309. The highest BCUT2D eigenvalue weighted by atomic mass is 32.2. The molecule has 0 aromatic heterocycles. The zero-order chi connectivity index (χ0) is 20.7. The number of hydrogen-bond acceptors (Lipinski definition) is 7. The number of nitrogens with one attached hydrogen (secondary N) is 1. The molecule has 148 valence electrons. The summed E-state index contributed by atoms with van der Waals surface area (Å²) in [5.74, 6) is -1.82. The van der Waals surface area contributed by atoms with Gasteiger partial charge in [0.15, 0.2) is 6.10 Å². The van der Waals surface area contributed by atoms with Crippen molar-refractivity contribution in [2.45, 2.75) is 17.9 Å². The van der Waals surface area contributed by atoms with Crippen molar-refractivity contribution < 1.29 is 28.4 Å². The molecule has 0 saturated heterocycles.